The zero-order valence-electron chi connectivity index (χ0n) is 11.1. The largest absolute Gasteiger partial charge is 0.336 e. The summed E-state index contributed by atoms with van der Waals surface area (Å²) in [7, 11) is 0. The second kappa shape index (κ2) is 6.05. The predicted octanol–water partition coefficient (Wildman–Crippen LogP) is 2.05. The summed E-state index contributed by atoms with van der Waals surface area (Å²) in [4.78, 5) is 14.5. The molecule has 4 heteroatoms. The van der Waals surface area contributed by atoms with E-state index in [1.807, 2.05) is 0 Å². The molecule has 17 heavy (non-hydrogen) atoms. The molecule has 2 unspecified atom stereocenters. The van der Waals surface area contributed by atoms with Crippen LogP contribution in [0.4, 0.5) is 0 Å². The summed E-state index contributed by atoms with van der Waals surface area (Å²) >= 11 is 0. The summed E-state index contributed by atoms with van der Waals surface area (Å²) in [6.07, 6.45) is 3.58. The number of amides is 1. The van der Waals surface area contributed by atoms with Gasteiger partial charge in [-0.2, -0.15) is 0 Å². The first-order valence-electron chi connectivity index (χ1n) is 6.68. The van der Waals surface area contributed by atoms with Crippen molar-refractivity contribution < 1.29 is 4.79 Å². The van der Waals surface area contributed by atoms with Crippen LogP contribution in [0.3, 0.4) is 0 Å². The standard InChI is InChI=1S/C13H24N2O.ClH/c1-4-9(2)10(3)15(12-5-6-12)13(16)11-7-14-8-11;/h9-12,14H,4-8H2,1-3H3;1H. The van der Waals surface area contributed by atoms with Gasteiger partial charge in [0.15, 0.2) is 0 Å². The smallest absolute Gasteiger partial charge is 0.228 e. The molecule has 2 fully saturated rings. The lowest BCUT2D eigenvalue weighted by Gasteiger charge is -2.38. The van der Waals surface area contributed by atoms with Crippen LogP contribution >= 0.6 is 12.4 Å². The van der Waals surface area contributed by atoms with Crippen molar-refractivity contribution in [1.82, 2.24) is 10.2 Å². The summed E-state index contributed by atoms with van der Waals surface area (Å²) in [6, 6.07) is 0.961. The van der Waals surface area contributed by atoms with E-state index in [4.69, 9.17) is 0 Å². The van der Waals surface area contributed by atoms with E-state index < -0.39 is 0 Å². The van der Waals surface area contributed by atoms with E-state index in [0.717, 1.165) is 19.5 Å². The molecule has 3 nitrogen and oxygen atoms in total. The molecule has 100 valence electrons. The van der Waals surface area contributed by atoms with Gasteiger partial charge in [0.1, 0.15) is 0 Å². The van der Waals surface area contributed by atoms with Gasteiger partial charge in [0.2, 0.25) is 5.91 Å². The van der Waals surface area contributed by atoms with E-state index in [-0.39, 0.29) is 18.3 Å². The maximum atomic E-state index is 12.4. The third-order valence-corrected chi connectivity index (χ3v) is 4.23. The number of nitrogens with one attached hydrogen (secondary N) is 1. The summed E-state index contributed by atoms with van der Waals surface area (Å²) in [5.74, 6) is 1.26. The zero-order valence-corrected chi connectivity index (χ0v) is 11.9. The zero-order chi connectivity index (χ0) is 11.7. The lowest BCUT2D eigenvalue weighted by molar-refractivity contribution is -0.141. The molecule has 2 rings (SSSR count). The highest BCUT2D eigenvalue weighted by molar-refractivity contribution is 5.85. The topological polar surface area (TPSA) is 32.3 Å². The van der Waals surface area contributed by atoms with Gasteiger partial charge in [0.25, 0.3) is 0 Å². The molecule has 1 saturated heterocycles. The summed E-state index contributed by atoms with van der Waals surface area (Å²) in [5, 5.41) is 3.19. The third-order valence-electron chi connectivity index (χ3n) is 4.23. The van der Waals surface area contributed by atoms with E-state index >= 15 is 0 Å². The van der Waals surface area contributed by atoms with E-state index in [1.165, 1.54) is 12.8 Å². The summed E-state index contributed by atoms with van der Waals surface area (Å²) in [6.45, 7) is 8.45. The molecule has 2 aliphatic rings. The lowest BCUT2D eigenvalue weighted by Crippen LogP contribution is -2.55. The Labute approximate surface area is 111 Å². The molecule has 1 N–H and O–H groups in total. The van der Waals surface area contributed by atoms with Gasteiger partial charge in [0, 0.05) is 25.2 Å². The van der Waals surface area contributed by atoms with Gasteiger partial charge in [-0.25, -0.2) is 0 Å². The van der Waals surface area contributed by atoms with E-state index in [9.17, 15) is 4.79 Å². The number of carbonyl (C=O) groups is 1. The molecule has 0 spiro atoms. The van der Waals surface area contributed by atoms with Crippen molar-refractivity contribution in [2.24, 2.45) is 11.8 Å². The van der Waals surface area contributed by atoms with Gasteiger partial charge < -0.3 is 10.2 Å². The van der Waals surface area contributed by atoms with Crippen molar-refractivity contribution in [2.75, 3.05) is 13.1 Å². The molecule has 1 saturated carbocycles. The number of hydrogen-bond donors (Lipinski definition) is 1. The first-order chi connectivity index (χ1) is 7.65. The first kappa shape index (κ1) is 14.8. The Bertz CT molecular complexity index is 264. The fourth-order valence-electron chi connectivity index (χ4n) is 2.36. The fraction of sp³-hybridized carbons (Fsp3) is 0.923. The fourth-order valence-corrected chi connectivity index (χ4v) is 2.36. The van der Waals surface area contributed by atoms with Gasteiger partial charge in [-0.15, -0.1) is 12.4 Å². The van der Waals surface area contributed by atoms with Crippen molar-refractivity contribution in [2.45, 2.75) is 52.1 Å². The van der Waals surface area contributed by atoms with Crippen molar-refractivity contribution in [3.8, 4) is 0 Å². The lowest BCUT2D eigenvalue weighted by atomic mass is 9.95. The SMILES string of the molecule is CCC(C)C(C)N(C(=O)C1CNC1)C1CC1.Cl. The second-order valence-corrected chi connectivity index (χ2v) is 5.46. The molecule has 0 aromatic heterocycles. The Kier molecular flexibility index (Phi) is 5.26. The molecule has 0 bridgehead atoms. The van der Waals surface area contributed by atoms with Crippen LogP contribution in [0.1, 0.15) is 40.0 Å². The number of halogens is 1. The number of nitrogens with zero attached hydrogens (tertiary/aromatic N) is 1. The monoisotopic (exact) mass is 260 g/mol. The molecule has 0 aromatic carbocycles. The molecule has 2 atom stereocenters. The second-order valence-electron chi connectivity index (χ2n) is 5.46. The van der Waals surface area contributed by atoms with Gasteiger partial charge in [-0.3, -0.25) is 4.79 Å². The molecule has 1 amide bonds. The van der Waals surface area contributed by atoms with E-state index in [2.05, 4.69) is 31.0 Å². The highest BCUT2D eigenvalue weighted by Crippen LogP contribution is 2.33. The Morgan fingerprint density at radius 3 is 2.29 bits per heavy atom. The minimum Gasteiger partial charge on any atom is -0.336 e. The minimum absolute atomic E-state index is 0. The molecular formula is C13H25ClN2O. The normalized spacial score (nSPS) is 23.2. The van der Waals surface area contributed by atoms with Gasteiger partial charge in [-0.1, -0.05) is 20.3 Å². The molecule has 1 aliphatic heterocycles. The van der Waals surface area contributed by atoms with Crippen LogP contribution in [0.5, 0.6) is 0 Å². The average molecular weight is 261 g/mol. The van der Waals surface area contributed by atoms with E-state index in [1.54, 1.807) is 0 Å². The highest BCUT2D eigenvalue weighted by Gasteiger charge is 2.40. The first-order valence-corrected chi connectivity index (χ1v) is 6.68. The van der Waals surface area contributed by atoms with Crippen LogP contribution in [-0.2, 0) is 4.79 Å². The van der Waals surface area contributed by atoms with Crippen LogP contribution in [-0.4, -0.2) is 36.0 Å². The Balaban J connectivity index is 0.00000144. The van der Waals surface area contributed by atoms with Crippen molar-refractivity contribution in [3.05, 3.63) is 0 Å². The number of carbonyl (C=O) groups excluding carboxylic acids is 1. The predicted molar refractivity (Wildman–Crippen MR) is 72.4 cm³/mol. The molecule has 1 heterocycles. The van der Waals surface area contributed by atoms with Crippen LogP contribution in [0.15, 0.2) is 0 Å². The summed E-state index contributed by atoms with van der Waals surface area (Å²) < 4.78 is 0. The number of hydrogen-bond acceptors (Lipinski definition) is 2. The third kappa shape index (κ3) is 3.14. The highest BCUT2D eigenvalue weighted by atomic mass is 35.5. The Morgan fingerprint density at radius 1 is 1.35 bits per heavy atom. The van der Waals surface area contributed by atoms with Gasteiger partial charge in [-0.05, 0) is 25.7 Å². The average Bonchev–Trinajstić information content (AvgIpc) is 2.98. The molecular weight excluding hydrogens is 236 g/mol. The number of rotatable bonds is 5. The van der Waals surface area contributed by atoms with Crippen LogP contribution < -0.4 is 5.32 Å². The maximum absolute atomic E-state index is 12.4. The van der Waals surface area contributed by atoms with E-state index in [0.29, 0.717) is 23.9 Å². The van der Waals surface area contributed by atoms with Crippen molar-refractivity contribution in [1.29, 1.82) is 0 Å². The summed E-state index contributed by atoms with van der Waals surface area (Å²) in [5.41, 5.74) is 0. The quantitative estimate of drug-likeness (QED) is 0.821. The van der Waals surface area contributed by atoms with Crippen molar-refractivity contribution in [3.63, 3.8) is 0 Å². The molecule has 1 aliphatic carbocycles. The van der Waals surface area contributed by atoms with Gasteiger partial charge in [0.05, 0.1) is 5.92 Å². The van der Waals surface area contributed by atoms with Gasteiger partial charge >= 0.3 is 0 Å². The Hall–Kier alpha value is -0.280. The van der Waals surface area contributed by atoms with Crippen molar-refractivity contribution >= 4 is 18.3 Å². The van der Waals surface area contributed by atoms with Crippen LogP contribution in [0, 0.1) is 11.8 Å². The minimum atomic E-state index is 0. The Morgan fingerprint density at radius 2 is 1.94 bits per heavy atom. The molecule has 0 radical (unpaired) electrons. The van der Waals surface area contributed by atoms with Crippen LogP contribution in [0.25, 0.3) is 0 Å². The molecule has 0 aromatic rings. The van der Waals surface area contributed by atoms with Crippen LogP contribution in [0.2, 0.25) is 0 Å². The maximum Gasteiger partial charge on any atom is 0.228 e.